The molecule has 0 unspecified atom stereocenters. The Balaban J connectivity index is 1.01. The summed E-state index contributed by atoms with van der Waals surface area (Å²) in [5, 5.41) is 13.0. The van der Waals surface area contributed by atoms with Crippen molar-refractivity contribution in [2.45, 2.75) is 38.5 Å². The van der Waals surface area contributed by atoms with E-state index in [4.69, 9.17) is 24.7 Å². The van der Waals surface area contributed by atoms with Gasteiger partial charge >= 0.3 is 5.97 Å². The summed E-state index contributed by atoms with van der Waals surface area (Å²) < 4.78 is 28.1. The van der Waals surface area contributed by atoms with Crippen molar-refractivity contribution in [2.75, 3.05) is 26.1 Å². The fourth-order valence-corrected chi connectivity index (χ4v) is 7.59. The lowest BCUT2D eigenvalue weighted by Gasteiger charge is -2.31. The number of benzene rings is 2. The molecule has 0 saturated carbocycles. The minimum Gasteiger partial charge on any atom is -0.470 e. The quantitative estimate of drug-likeness (QED) is 0.191. The molecule has 7 rings (SSSR count). The number of hydrogen-bond donors (Lipinski definition) is 1. The molecule has 3 aromatic heterocycles. The third kappa shape index (κ3) is 6.28. The van der Waals surface area contributed by atoms with Gasteiger partial charge in [-0.2, -0.15) is 5.26 Å². The van der Waals surface area contributed by atoms with E-state index in [-0.39, 0.29) is 23.7 Å². The van der Waals surface area contributed by atoms with E-state index in [1.54, 1.807) is 23.9 Å². The standard InChI is InChI=1S/C33H30FN7O3S2/c1-43-33(42)22-5-6-26-27(13-22)41(16-23-15-36-19-45-23)29(37-26)17-40-9-7-21(8-10-40)25-3-2-4-30(38-25)44-18-31-39-32-24(34)11-20(14-35)12-28(32)46-31/h2-6,11-13,15,21,36H,7-10,16-19H2,1H3. The predicted molar refractivity (Wildman–Crippen MR) is 175 cm³/mol. The number of pyridine rings is 1. The maximum Gasteiger partial charge on any atom is 0.337 e. The monoisotopic (exact) mass is 655 g/mol. The van der Waals surface area contributed by atoms with E-state index in [0.29, 0.717) is 40.2 Å². The van der Waals surface area contributed by atoms with Crippen molar-refractivity contribution in [3.05, 3.63) is 93.1 Å². The highest BCUT2D eigenvalue weighted by atomic mass is 32.2. The molecule has 234 valence electrons. The largest absolute Gasteiger partial charge is 0.470 e. The summed E-state index contributed by atoms with van der Waals surface area (Å²) in [6, 6.07) is 16.2. The summed E-state index contributed by atoms with van der Waals surface area (Å²) >= 11 is 3.08. The maximum absolute atomic E-state index is 14.3. The number of fused-ring (bicyclic) bond motifs is 2. The number of allylic oxidation sites excluding steroid dienone is 1. The summed E-state index contributed by atoms with van der Waals surface area (Å²) in [7, 11) is 1.39. The van der Waals surface area contributed by atoms with Gasteiger partial charge in [-0.3, -0.25) is 4.90 Å². The third-order valence-electron chi connectivity index (χ3n) is 8.25. The van der Waals surface area contributed by atoms with Gasteiger partial charge < -0.3 is 19.4 Å². The van der Waals surface area contributed by atoms with Crippen LogP contribution in [0.5, 0.6) is 5.88 Å². The highest BCUT2D eigenvalue weighted by Crippen LogP contribution is 2.31. The molecule has 0 amide bonds. The second kappa shape index (κ2) is 13.1. The van der Waals surface area contributed by atoms with Crippen LogP contribution in [0.2, 0.25) is 0 Å². The molecule has 5 heterocycles. The van der Waals surface area contributed by atoms with Crippen LogP contribution in [0, 0.1) is 17.1 Å². The molecule has 46 heavy (non-hydrogen) atoms. The van der Waals surface area contributed by atoms with E-state index in [1.807, 2.05) is 42.6 Å². The first-order valence-electron chi connectivity index (χ1n) is 14.9. The van der Waals surface area contributed by atoms with E-state index >= 15 is 0 Å². The molecule has 10 nitrogen and oxygen atoms in total. The number of nitrogens with one attached hydrogen (secondary N) is 1. The second-order valence-corrected chi connectivity index (χ2v) is 13.4. The zero-order valence-corrected chi connectivity index (χ0v) is 26.7. The molecule has 13 heteroatoms. The Hall–Kier alpha value is -4.51. The Bertz CT molecular complexity index is 2010. The highest BCUT2D eigenvalue weighted by Gasteiger charge is 2.25. The van der Waals surface area contributed by atoms with Crippen LogP contribution in [0.4, 0.5) is 4.39 Å². The SMILES string of the molecule is COC(=O)c1ccc2nc(CN3CCC(c4cccc(OCc5nc6c(F)cc(C#N)cc6s5)n4)CC3)n(CC3=CNCS3)c2c1. The van der Waals surface area contributed by atoms with Crippen LogP contribution < -0.4 is 10.1 Å². The molecule has 5 aromatic rings. The van der Waals surface area contributed by atoms with Crippen molar-refractivity contribution >= 4 is 50.3 Å². The molecular formula is C33H30FN7O3S2. The first kappa shape index (κ1) is 30.2. The minimum atomic E-state index is -0.504. The van der Waals surface area contributed by atoms with Gasteiger partial charge in [0.2, 0.25) is 5.88 Å². The van der Waals surface area contributed by atoms with Gasteiger partial charge in [-0.25, -0.2) is 24.1 Å². The van der Waals surface area contributed by atoms with Crippen LogP contribution in [0.1, 0.15) is 51.2 Å². The number of methoxy groups -OCH3 is 1. The number of nitrogens with zero attached hydrogens (tertiary/aromatic N) is 6. The zero-order valence-electron chi connectivity index (χ0n) is 25.0. The van der Waals surface area contributed by atoms with Gasteiger partial charge in [-0.1, -0.05) is 6.07 Å². The van der Waals surface area contributed by atoms with Gasteiger partial charge in [-0.05, 0) is 62.3 Å². The average molecular weight is 656 g/mol. The summed E-state index contributed by atoms with van der Waals surface area (Å²) in [4.78, 5) is 30.0. The molecular weight excluding hydrogens is 626 g/mol. The summed E-state index contributed by atoms with van der Waals surface area (Å²) in [6.07, 6.45) is 3.95. The molecule has 1 saturated heterocycles. The Morgan fingerprint density at radius 3 is 2.78 bits per heavy atom. The molecule has 0 aliphatic carbocycles. The highest BCUT2D eigenvalue weighted by molar-refractivity contribution is 8.03. The Labute approximate surface area is 272 Å². The van der Waals surface area contributed by atoms with Gasteiger partial charge in [-0.15, -0.1) is 23.1 Å². The lowest BCUT2D eigenvalue weighted by atomic mass is 9.93. The molecule has 0 spiro atoms. The minimum absolute atomic E-state index is 0.170. The average Bonchev–Trinajstić information content (AvgIpc) is 3.83. The van der Waals surface area contributed by atoms with Crippen LogP contribution in [0.15, 0.2) is 59.6 Å². The number of piperidine rings is 1. The third-order valence-corrected chi connectivity index (χ3v) is 10.2. The smallest absolute Gasteiger partial charge is 0.337 e. The van der Waals surface area contributed by atoms with Crippen molar-refractivity contribution in [3.8, 4) is 11.9 Å². The number of imidazole rings is 1. The predicted octanol–water partition coefficient (Wildman–Crippen LogP) is 5.93. The number of halogens is 1. The number of thiazole rings is 1. The normalized spacial score (nSPS) is 15.5. The van der Waals surface area contributed by atoms with Gasteiger partial charge in [0.1, 0.15) is 23.0 Å². The van der Waals surface area contributed by atoms with Crippen LogP contribution in [-0.4, -0.2) is 56.5 Å². The maximum atomic E-state index is 14.3. The number of nitriles is 1. The molecule has 1 N–H and O–H groups in total. The summed E-state index contributed by atoms with van der Waals surface area (Å²) in [6.45, 7) is 3.36. The number of carbonyl (C=O) groups is 1. The van der Waals surface area contributed by atoms with E-state index < -0.39 is 5.82 Å². The molecule has 0 radical (unpaired) electrons. The van der Waals surface area contributed by atoms with Gasteiger partial charge in [0.05, 0.1) is 59.0 Å². The van der Waals surface area contributed by atoms with Crippen LogP contribution in [0.25, 0.3) is 21.3 Å². The molecule has 0 bridgehead atoms. The van der Waals surface area contributed by atoms with Crippen LogP contribution >= 0.6 is 23.1 Å². The fraction of sp³-hybridized carbons (Fsp3) is 0.303. The molecule has 0 atom stereocenters. The van der Waals surface area contributed by atoms with Crippen molar-refractivity contribution in [1.29, 1.82) is 5.26 Å². The van der Waals surface area contributed by atoms with Crippen molar-refractivity contribution < 1.29 is 18.7 Å². The molecule has 2 aliphatic heterocycles. The van der Waals surface area contributed by atoms with E-state index in [1.165, 1.54) is 29.4 Å². The van der Waals surface area contributed by atoms with Crippen molar-refractivity contribution in [3.63, 3.8) is 0 Å². The number of esters is 1. The number of hydrogen-bond acceptors (Lipinski definition) is 11. The lowest BCUT2D eigenvalue weighted by Crippen LogP contribution is -2.33. The first-order chi connectivity index (χ1) is 22.5. The van der Waals surface area contributed by atoms with Crippen molar-refractivity contribution in [1.82, 2.24) is 29.7 Å². The number of ether oxygens (including phenoxy) is 2. The van der Waals surface area contributed by atoms with E-state index in [0.717, 1.165) is 54.4 Å². The van der Waals surface area contributed by atoms with Crippen molar-refractivity contribution in [2.24, 2.45) is 0 Å². The Morgan fingerprint density at radius 2 is 2.00 bits per heavy atom. The van der Waals surface area contributed by atoms with E-state index in [2.05, 4.69) is 19.8 Å². The summed E-state index contributed by atoms with van der Waals surface area (Å²) in [5.74, 6) is 1.76. The van der Waals surface area contributed by atoms with Crippen LogP contribution in [-0.2, 0) is 24.4 Å². The molecule has 2 aromatic carbocycles. The Morgan fingerprint density at radius 1 is 1.13 bits per heavy atom. The lowest BCUT2D eigenvalue weighted by molar-refractivity contribution is 0.0601. The van der Waals surface area contributed by atoms with Gasteiger partial charge in [0.25, 0.3) is 0 Å². The number of likely N-dealkylation sites (tertiary alicyclic amines) is 1. The number of aromatic nitrogens is 4. The van der Waals surface area contributed by atoms with Gasteiger partial charge in [0, 0.05) is 28.8 Å². The number of rotatable bonds is 9. The zero-order chi connectivity index (χ0) is 31.6. The van der Waals surface area contributed by atoms with Gasteiger partial charge in [0.15, 0.2) is 5.82 Å². The summed E-state index contributed by atoms with van der Waals surface area (Å²) in [5.41, 5.74) is 3.81. The first-order valence-corrected chi connectivity index (χ1v) is 16.7. The number of thioether (sulfide) groups is 1. The number of carbonyl (C=O) groups excluding carboxylic acids is 1. The van der Waals surface area contributed by atoms with Crippen LogP contribution in [0.3, 0.4) is 0 Å². The Kier molecular flexibility index (Phi) is 8.57. The second-order valence-electron chi connectivity index (χ2n) is 11.2. The van der Waals surface area contributed by atoms with E-state index in [9.17, 15) is 9.18 Å². The fourth-order valence-electron chi connectivity index (χ4n) is 5.92. The molecule has 1 fully saturated rings. The topological polar surface area (TPSA) is 118 Å². The molecule has 2 aliphatic rings.